The Morgan fingerprint density at radius 2 is 1.80 bits per heavy atom. The highest BCUT2D eigenvalue weighted by molar-refractivity contribution is 5.78. The molecule has 1 heterocycles. The van der Waals surface area contributed by atoms with Crippen LogP contribution >= 0.6 is 0 Å². The van der Waals surface area contributed by atoms with E-state index in [9.17, 15) is 5.11 Å². The van der Waals surface area contributed by atoms with Gasteiger partial charge >= 0.3 is 0 Å². The smallest absolute Gasteiger partial charge is 0.138 e. The second-order valence-electron chi connectivity index (χ2n) is 4.87. The van der Waals surface area contributed by atoms with Crippen LogP contribution in [0.3, 0.4) is 0 Å². The Bertz CT molecular complexity index is 726. The SMILES string of the molecule is COc1ccc(C(O)c2cc3cc(C)ccc3o2)cc1. The second kappa shape index (κ2) is 5.02. The molecule has 102 valence electrons. The number of aliphatic hydroxyl groups excluding tert-OH is 1. The molecule has 3 aromatic rings. The van der Waals surface area contributed by atoms with Crippen LogP contribution in [0.5, 0.6) is 5.75 Å². The lowest BCUT2D eigenvalue weighted by molar-refractivity contribution is 0.192. The Kier molecular flexibility index (Phi) is 3.20. The third-order valence-corrected chi connectivity index (χ3v) is 3.39. The summed E-state index contributed by atoms with van der Waals surface area (Å²) >= 11 is 0. The van der Waals surface area contributed by atoms with E-state index in [2.05, 4.69) is 0 Å². The van der Waals surface area contributed by atoms with Crippen LogP contribution in [0.4, 0.5) is 0 Å². The van der Waals surface area contributed by atoms with Crippen molar-refractivity contribution >= 4 is 11.0 Å². The number of methoxy groups -OCH3 is 1. The maximum atomic E-state index is 10.4. The van der Waals surface area contributed by atoms with Gasteiger partial charge in [-0.05, 0) is 42.8 Å². The fourth-order valence-corrected chi connectivity index (χ4v) is 2.27. The Morgan fingerprint density at radius 3 is 2.50 bits per heavy atom. The van der Waals surface area contributed by atoms with Gasteiger partial charge < -0.3 is 14.3 Å². The fraction of sp³-hybridized carbons (Fsp3) is 0.176. The van der Waals surface area contributed by atoms with Crippen molar-refractivity contribution in [3.63, 3.8) is 0 Å². The van der Waals surface area contributed by atoms with Gasteiger partial charge in [-0.1, -0.05) is 23.8 Å². The molecule has 0 saturated carbocycles. The predicted octanol–water partition coefficient (Wildman–Crippen LogP) is 3.83. The van der Waals surface area contributed by atoms with Gasteiger partial charge in [-0.3, -0.25) is 0 Å². The zero-order valence-electron chi connectivity index (χ0n) is 11.5. The van der Waals surface area contributed by atoms with E-state index < -0.39 is 6.10 Å². The number of ether oxygens (including phenoxy) is 1. The molecule has 3 nitrogen and oxygen atoms in total. The molecular formula is C17H16O3. The molecule has 20 heavy (non-hydrogen) atoms. The standard InChI is InChI=1S/C17H16O3/c1-11-3-8-15-13(9-11)10-16(20-15)17(18)12-4-6-14(19-2)7-5-12/h3-10,17-18H,1-2H3. The normalized spacial score (nSPS) is 12.6. The number of benzene rings is 2. The van der Waals surface area contributed by atoms with Crippen LogP contribution in [0.25, 0.3) is 11.0 Å². The van der Waals surface area contributed by atoms with E-state index in [4.69, 9.17) is 9.15 Å². The first-order chi connectivity index (χ1) is 9.67. The van der Waals surface area contributed by atoms with Gasteiger partial charge in [0.15, 0.2) is 0 Å². The molecule has 0 aliphatic rings. The van der Waals surface area contributed by atoms with E-state index in [1.807, 2.05) is 55.5 Å². The third kappa shape index (κ3) is 2.28. The summed E-state index contributed by atoms with van der Waals surface area (Å²) in [7, 11) is 1.62. The monoisotopic (exact) mass is 268 g/mol. The average Bonchev–Trinajstić information content (AvgIpc) is 2.89. The van der Waals surface area contributed by atoms with E-state index >= 15 is 0 Å². The maximum Gasteiger partial charge on any atom is 0.138 e. The quantitative estimate of drug-likeness (QED) is 0.785. The molecule has 1 aromatic heterocycles. The number of rotatable bonds is 3. The topological polar surface area (TPSA) is 42.6 Å². The second-order valence-corrected chi connectivity index (χ2v) is 4.87. The largest absolute Gasteiger partial charge is 0.497 e. The van der Waals surface area contributed by atoms with Crippen molar-refractivity contribution in [2.45, 2.75) is 13.0 Å². The zero-order chi connectivity index (χ0) is 14.1. The summed E-state index contributed by atoms with van der Waals surface area (Å²) in [5.41, 5.74) is 2.74. The summed E-state index contributed by atoms with van der Waals surface area (Å²) in [4.78, 5) is 0. The first-order valence-corrected chi connectivity index (χ1v) is 6.49. The average molecular weight is 268 g/mol. The molecule has 3 heteroatoms. The van der Waals surface area contributed by atoms with Crippen molar-refractivity contribution in [2.24, 2.45) is 0 Å². The lowest BCUT2D eigenvalue weighted by Gasteiger charge is -2.08. The minimum Gasteiger partial charge on any atom is -0.497 e. The van der Waals surface area contributed by atoms with Gasteiger partial charge in [0.25, 0.3) is 0 Å². The van der Waals surface area contributed by atoms with Crippen molar-refractivity contribution in [3.05, 3.63) is 65.4 Å². The molecule has 0 radical (unpaired) electrons. The van der Waals surface area contributed by atoms with Crippen LogP contribution < -0.4 is 4.74 Å². The van der Waals surface area contributed by atoms with Gasteiger partial charge in [-0.15, -0.1) is 0 Å². The molecule has 1 atom stereocenters. The van der Waals surface area contributed by atoms with Gasteiger partial charge in [0.2, 0.25) is 0 Å². The van der Waals surface area contributed by atoms with Gasteiger partial charge in [0.1, 0.15) is 23.2 Å². The van der Waals surface area contributed by atoms with Crippen LogP contribution in [-0.4, -0.2) is 12.2 Å². The molecule has 1 unspecified atom stereocenters. The van der Waals surface area contributed by atoms with Crippen molar-refractivity contribution in [3.8, 4) is 5.75 Å². The first-order valence-electron chi connectivity index (χ1n) is 6.49. The molecule has 0 saturated heterocycles. The Balaban J connectivity index is 1.96. The lowest BCUT2D eigenvalue weighted by Crippen LogP contribution is -1.97. The summed E-state index contributed by atoms with van der Waals surface area (Å²) in [6.07, 6.45) is -0.770. The van der Waals surface area contributed by atoms with Crippen LogP contribution in [0.15, 0.2) is 52.9 Å². The van der Waals surface area contributed by atoms with Crippen molar-refractivity contribution < 1.29 is 14.3 Å². The molecular weight excluding hydrogens is 252 g/mol. The van der Waals surface area contributed by atoms with Crippen LogP contribution in [-0.2, 0) is 0 Å². The van der Waals surface area contributed by atoms with Gasteiger partial charge in [-0.2, -0.15) is 0 Å². The number of fused-ring (bicyclic) bond motifs is 1. The van der Waals surface area contributed by atoms with E-state index in [1.54, 1.807) is 7.11 Å². The maximum absolute atomic E-state index is 10.4. The van der Waals surface area contributed by atoms with E-state index in [0.29, 0.717) is 5.76 Å². The van der Waals surface area contributed by atoms with Crippen LogP contribution in [0.2, 0.25) is 0 Å². The van der Waals surface area contributed by atoms with Crippen LogP contribution in [0, 0.1) is 6.92 Å². The summed E-state index contributed by atoms with van der Waals surface area (Å²) in [6, 6.07) is 15.2. The number of hydrogen-bond acceptors (Lipinski definition) is 3. The fourth-order valence-electron chi connectivity index (χ4n) is 2.27. The zero-order valence-corrected chi connectivity index (χ0v) is 11.5. The summed E-state index contributed by atoms with van der Waals surface area (Å²) < 4.78 is 10.8. The Labute approximate surface area is 117 Å². The molecule has 0 spiro atoms. The Hall–Kier alpha value is -2.26. The third-order valence-electron chi connectivity index (χ3n) is 3.39. The predicted molar refractivity (Wildman–Crippen MR) is 78.0 cm³/mol. The molecule has 0 aliphatic heterocycles. The van der Waals surface area contributed by atoms with Crippen LogP contribution in [0.1, 0.15) is 23.0 Å². The highest BCUT2D eigenvalue weighted by Crippen LogP contribution is 2.29. The van der Waals surface area contributed by atoms with Gasteiger partial charge in [0.05, 0.1) is 7.11 Å². The molecule has 3 rings (SSSR count). The van der Waals surface area contributed by atoms with E-state index in [0.717, 1.165) is 22.3 Å². The van der Waals surface area contributed by atoms with Crippen molar-refractivity contribution in [1.29, 1.82) is 0 Å². The number of aryl methyl sites for hydroxylation is 1. The highest BCUT2D eigenvalue weighted by Gasteiger charge is 2.15. The van der Waals surface area contributed by atoms with E-state index in [1.165, 1.54) is 5.56 Å². The Morgan fingerprint density at radius 1 is 1.05 bits per heavy atom. The molecule has 0 bridgehead atoms. The minimum atomic E-state index is -0.770. The van der Waals surface area contributed by atoms with Gasteiger partial charge in [0, 0.05) is 5.39 Å². The van der Waals surface area contributed by atoms with Crippen molar-refractivity contribution in [1.82, 2.24) is 0 Å². The summed E-state index contributed by atoms with van der Waals surface area (Å²) in [5.74, 6) is 1.32. The molecule has 0 amide bonds. The number of furan rings is 1. The number of aliphatic hydroxyl groups is 1. The summed E-state index contributed by atoms with van der Waals surface area (Å²) in [6.45, 7) is 2.03. The molecule has 1 N–H and O–H groups in total. The minimum absolute atomic E-state index is 0.552. The lowest BCUT2D eigenvalue weighted by atomic mass is 10.1. The van der Waals surface area contributed by atoms with Gasteiger partial charge in [-0.25, -0.2) is 0 Å². The molecule has 0 fully saturated rings. The number of hydrogen-bond donors (Lipinski definition) is 1. The van der Waals surface area contributed by atoms with Crippen molar-refractivity contribution in [2.75, 3.05) is 7.11 Å². The first kappa shape index (κ1) is 12.8. The highest BCUT2D eigenvalue weighted by atomic mass is 16.5. The van der Waals surface area contributed by atoms with E-state index in [-0.39, 0.29) is 0 Å². The summed E-state index contributed by atoms with van der Waals surface area (Å²) in [5, 5.41) is 11.4. The molecule has 0 aliphatic carbocycles. The molecule has 2 aromatic carbocycles.